The molecule has 2 aromatic carbocycles. The number of aliphatic carboxylic acids is 1. The van der Waals surface area contributed by atoms with E-state index in [0.717, 1.165) is 0 Å². The molecule has 0 aliphatic carbocycles. The number of nitrogens with two attached hydrogens (primary N) is 1. The van der Waals surface area contributed by atoms with Gasteiger partial charge >= 0.3 is 5.97 Å². The van der Waals surface area contributed by atoms with Gasteiger partial charge in [0.15, 0.2) is 0 Å². The molecular weight excluding hydrogens is 269 g/mol. The molecule has 0 saturated carbocycles. The third-order valence-electron chi connectivity index (χ3n) is 2.74. The van der Waals surface area contributed by atoms with E-state index in [1.54, 1.807) is 18.2 Å². The summed E-state index contributed by atoms with van der Waals surface area (Å²) in [7, 11) is 0. The van der Waals surface area contributed by atoms with Gasteiger partial charge in [-0.05, 0) is 23.8 Å². The van der Waals surface area contributed by atoms with Crippen LogP contribution >= 0.6 is 11.6 Å². The number of hydrogen-bond acceptors (Lipinski definition) is 2. The molecule has 0 unspecified atom stereocenters. The van der Waals surface area contributed by atoms with Crippen molar-refractivity contribution in [3.8, 4) is 11.1 Å². The Bertz CT molecular complexity index is 643. The molecule has 0 aromatic heterocycles. The third kappa shape index (κ3) is 2.85. The maximum absolute atomic E-state index is 13.8. The van der Waals surface area contributed by atoms with Gasteiger partial charge in [-0.2, -0.15) is 0 Å². The first kappa shape index (κ1) is 13.4. The SMILES string of the molecule is Nc1c(CC(=O)O)cc(Cl)cc1-c1ccccc1F. The quantitative estimate of drug-likeness (QED) is 0.847. The van der Waals surface area contributed by atoms with Crippen LogP contribution in [0.2, 0.25) is 5.02 Å². The zero-order valence-electron chi connectivity index (χ0n) is 9.86. The molecule has 0 amide bonds. The van der Waals surface area contributed by atoms with Crippen molar-refractivity contribution < 1.29 is 14.3 Å². The van der Waals surface area contributed by atoms with Crippen LogP contribution in [0, 0.1) is 5.82 Å². The molecule has 0 fully saturated rings. The number of halogens is 2. The first-order chi connectivity index (χ1) is 8.99. The molecule has 3 nitrogen and oxygen atoms in total. The number of nitrogen functional groups attached to an aromatic ring is 1. The molecule has 0 aliphatic heterocycles. The fourth-order valence-corrected chi connectivity index (χ4v) is 2.13. The summed E-state index contributed by atoms with van der Waals surface area (Å²) in [6.07, 6.45) is -0.256. The molecule has 0 bridgehead atoms. The second-order valence-corrected chi connectivity index (χ2v) is 4.51. The Kier molecular flexibility index (Phi) is 3.71. The van der Waals surface area contributed by atoms with E-state index in [1.807, 2.05) is 0 Å². The largest absolute Gasteiger partial charge is 0.481 e. The fourth-order valence-electron chi connectivity index (χ4n) is 1.89. The van der Waals surface area contributed by atoms with Crippen molar-refractivity contribution in [2.45, 2.75) is 6.42 Å². The van der Waals surface area contributed by atoms with Crippen LogP contribution in [-0.2, 0) is 11.2 Å². The van der Waals surface area contributed by atoms with Gasteiger partial charge in [-0.15, -0.1) is 0 Å². The van der Waals surface area contributed by atoms with Crippen molar-refractivity contribution in [1.29, 1.82) is 0 Å². The minimum atomic E-state index is -1.02. The lowest BCUT2D eigenvalue weighted by molar-refractivity contribution is -0.136. The van der Waals surface area contributed by atoms with Crippen LogP contribution in [0.15, 0.2) is 36.4 Å². The molecular formula is C14H11ClFNO2. The van der Waals surface area contributed by atoms with E-state index < -0.39 is 11.8 Å². The van der Waals surface area contributed by atoms with E-state index in [2.05, 4.69) is 0 Å². The molecule has 0 radical (unpaired) electrons. The standard InChI is InChI=1S/C14H11ClFNO2/c15-9-5-8(6-13(18)19)14(17)11(7-9)10-3-1-2-4-12(10)16/h1-5,7H,6,17H2,(H,18,19). The van der Waals surface area contributed by atoms with Crippen LogP contribution in [0.25, 0.3) is 11.1 Å². The Morgan fingerprint density at radius 1 is 1.26 bits per heavy atom. The second-order valence-electron chi connectivity index (χ2n) is 4.08. The first-order valence-electron chi connectivity index (χ1n) is 5.53. The highest BCUT2D eigenvalue weighted by Gasteiger charge is 2.14. The zero-order chi connectivity index (χ0) is 14.0. The molecule has 3 N–H and O–H groups in total. The van der Waals surface area contributed by atoms with Crippen LogP contribution in [0.3, 0.4) is 0 Å². The van der Waals surface area contributed by atoms with E-state index in [1.165, 1.54) is 18.2 Å². The summed E-state index contributed by atoms with van der Waals surface area (Å²) in [5.41, 5.74) is 7.22. The van der Waals surface area contributed by atoms with Crippen LogP contribution in [-0.4, -0.2) is 11.1 Å². The molecule has 2 aromatic rings. The molecule has 0 aliphatic rings. The Labute approximate surface area is 114 Å². The predicted octanol–water partition coefficient (Wildman–Crippen LogP) is 3.36. The third-order valence-corrected chi connectivity index (χ3v) is 2.95. The van der Waals surface area contributed by atoms with E-state index in [-0.39, 0.29) is 12.1 Å². The van der Waals surface area contributed by atoms with Crippen LogP contribution in [0.5, 0.6) is 0 Å². The average Bonchev–Trinajstić information content (AvgIpc) is 2.33. The number of anilines is 1. The molecule has 19 heavy (non-hydrogen) atoms. The molecule has 0 atom stereocenters. The smallest absolute Gasteiger partial charge is 0.307 e. The molecule has 0 heterocycles. The summed E-state index contributed by atoms with van der Waals surface area (Å²) in [4.78, 5) is 10.8. The summed E-state index contributed by atoms with van der Waals surface area (Å²) in [5.74, 6) is -1.45. The van der Waals surface area contributed by atoms with E-state index >= 15 is 0 Å². The van der Waals surface area contributed by atoms with Gasteiger partial charge < -0.3 is 10.8 Å². The molecule has 5 heteroatoms. The number of carboxylic acid groups (broad SMARTS) is 1. The first-order valence-corrected chi connectivity index (χ1v) is 5.91. The molecule has 2 rings (SSSR count). The molecule has 0 saturated heterocycles. The minimum Gasteiger partial charge on any atom is -0.481 e. The average molecular weight is 280 g/mol. The summed E-state index contributed by atoms with van der Waals surface area (Å²) >= 11 is 5.94. The Balaban J connectivity index is 2.61. The van der Waals surface area contributed by atoms with Gasteiger partial charge in [0.25, 0.3) is 0 Å². The number of carboxylic acids is 1. The zero-order valence-corrected chi connectivity index (χ0v) is 10.6. The van der Waals surface area contributed by atoms with Crippen molar-refractivity contribution in [3.63, 3.8) is 0 Å². The van der Waals surface area contributed by atoms with Crippen molar-refractivity contribution >= 4 is 23.3 Å². The Hall–Kier alpha value is -2.07. The van der Waals surface area contributed by atoms with Crippen molar-refractivity contribution in [1.82, 2.24) is 0 Å². The lowest BCUT2D eigenvalue weighted by Gasteiger charge is -2.12. The fraction of sp³-hybridized carbons (Fsp3) is 0.0714. The van der Waals surface area contributed by atoms with E-state index in [4.69, 9.17) is 22.4 Å². The highest BCUT2D eigenvalue weighted by molar-refractivity contribution is 6.31. The Morgan fingerprint density at radius 3 is 2.58 bits per heavy atom. The minimum absolute atomic E-state index is 0.233. The highest BCUT2D eigenvalue weighted by atomic mass is 35.5. The number of rotatable bonds is 3. The highest BCUT2D eigenvalue weighted by Crippen LogP contribution is 2.33. The van der Waals surface area contributed by atoms with Crippen LogP contribution in [0.4, 0.5) is 10.1 Å². The number of benzene rings is 2. The predicted molar refractivity (Wildman–Crippen MR) is 72.6 cm³/mol. The number of carbonyl (C=O) groups is 1. The monoisotopic (exact) mass is 279 g/mol. The lowest BCUT2D eigenvalue weighted by Crippen LogP contribution is -2.05. The number of hydrogen-bond donors (Lipinski definition) is 2. The summed E-state index contributed by atoms with van der Waals surface area (Å²) < 4.78 is 13.8. The topological polar surface area (TPSA) is 63.3 Å². The lowest BCUT2D eigenvalue weighted by atomic mass is 9.98. The van der Waals surface area contributed by atoms with E-state index in [9.17, 15) is 9.18 Å². The summed E-state index contributed by atoms with van der Waals surface area (Å²) in [5, 5.41) is 9.15. The van der Waals surface area contributed by atoms with E-state index in [0.29, 0.717) is 21.7 Å². The van der Waals surface area contributed by atoms with Gasteiger partial charge in [-0.25, -0.2) is 4.39 Å². The van der Waals surface area contributed by atoms with Crippen molar-refractivity contribution in [3.05, 3.63) is 52.8 Å². The second kappa shape index (κ2) is 5.28. The maximum Gasteiger partial charge on any atom is 0.307 e. The van der Waals surface area contributed by atoms with Crippen molar-refractivity contribution in [2.24, 2.45) is 0 Å². The molecule has 98 valence electrons. The van der Waals surface area contributed by atoms with Crippen LogP contribution < -0.4 is 5.73 Å². The normalized spacial score (nSPS) is 10.4. The van der Waals surface area contributed by atoms with Crippen LogP contribution in [0.1, 0.15) is 5.56 Å². The van der Waals surface area contributed by atoms with Gasteiger partial charge in [-0.1, -0.05) is 29.8 Å². The maximum atomic E-state index is 13.8. The van der Waals surface area contributed by atoms with Gasteiger partial charge in [0.05, 0.1) is 6.42 Å². The summed E-state index contributed by atoms with van der Waals surface area (Å²) in [6, 6.07) is 9.14. The summed E-state index contributed by atoms with van der Waals surface area (Å²) in [6.45, 7) is 0. The Morgan fingerprint density at radius 2 is 1.95 bits per heavy atom. The molecule has 0 spiro atoms. The van der Waals surface area contributed by atoms with Gasteiger partial charge in [0, 0.05) is 21.8 Å². The van der Waals surface area contributed by atoms with Crippen molar-refractivity contribution in [2.75, 3.05) is 5.73 Å². The van der Waals surface area contributed by atoms with Gasteiger partial charge in [0.1, 0.15) is 5.82 Å². The van der Waals surface area contributed by atoms with Gasteiger partial charge in [0.2, 0.25) is 0 Å². The van der Waals surface area contributed by atoms with Gasteiger partial charge in [-0.3, -0.25) is 4.79 Å².